The summed E-state index contributed by atoms with van der Waals surface area (Å²) in [5, 5.41) is 3.21. The summed E-state index contributed by atoms with van der Waals surface area (Å²) in [6.45, 7) is 3.13. The Hall–Kier alpha value is -1.51. The molecular weight excluding hydrogens is 248 g/mol. The SMILES string of the molecule is C#CCN(CC)S(=O)(=O)c1ccc2c(c1)CCN2. The van der Waals surface area contributed by atoms with Crippen molar-refractivity contribution in [3.8, 4) is 12.3 Å². The first kappa shape index (κ1) is 12.9. The largest absolute Gasteiger partial charge is 0.384 e. The van der Waals surface area contributed by atoms with E-state index >= 15 is 0 Å². The lowest BCUT2D eigenvalue weighted by Crippen LogP contribution is -2.31. The van der Waals surface area contributed by atoms with Gasteiger partial charge in [-0.05, 0) is 30.2 Å². The van der Waals surface area contributed by atoms with Gasteiger partial charge in [0.1, 0.15) is 0 Å². The summed E-state index contributed by atoms with van der Waals surface area (Å²) >= 11 is 0. The van der Waals surface area contributed by atoms with E-state index in [1.165, 1.54) is 4.31 Å². The van der Waals surface area contributed by atoms with Gasteiger partial charge in [-0.3, -0.25) is 0 Å². The minimum atomic E-state index is -3.47. The number of terminal acetylenes is 1. The second-order valence-corrected chi connectivity index (χ2v) is 6.07. The van der Waals surface area contributed by atoms with Crippen molar-refractivity contribution in [1.82, 2.24) is 4.31 Å². The molecule has 1 aromatic carbocycles. The molecule has 4 nitrogen and oxygen atoms in total. The van der Waals surface area contributed by atoms with Crippen molar-refractivity contribution in [3.63, 3.8) is 0 Å². The predicted octanol–water partition coefficient (Wildman–Crippen LogP) is 1.30. The Morgan fingerprint density at radius 3 is 2.94 bits per heavy atom. The average Bonchev–Trinajstić information content (AvgIpc) is 2.82. The number of hydrogen-bond acceptors (Lipinski definition) is 3. The number of benzene rings is 1. The molecule has 96 valence electrons. The number of hydrogen-bond donors (Lipinski definition) is 1. The molecule has 0 radical (unpaired) electrons. The monoisotopic (exact) mass is 264 g/mol. The van der Waals surface area contributed by atoms with Crippen molar-refractivity contribution in [2.75, 3.05) is 25.0 Å². The Bertz CT molecular complexity index is 587. The lowest BCUT2D eigenvalue weighted by atomic mass is 10.2. The molecule has 0 saturated heterocycles. The number of nitrogens with zero attached hydrogens (tertiary/aromatic N) is 1. The van der Waals surface area contributed by atoms with Gasteiger partial charge in [0.15, 0.2) is 0 Å². The number of fused-ring (bicyclic) bond motifs is 1. The highest BCUT2D eigenvalue weighted by Gasteiger charge is 2.23. The average molecular weight is 264 g/mol. The number of sulfonamides is 1. The minimum Gasteiger partial charge on any atom is -0.384 e. The van der Waals surface area contributed by atoms with E-state index < -0.39 is 10.0 Å². The van der Waals surface area contributed by atoms with Gasteiger partial charge < -0.3 is 5.32 Å². The van der Waals surface area contributed by atoms with Crippen LogP contribution in [0.25, 0.3) is 0 Å². The first-order valence-electron chi connectivity index (χ1n) is 5.90. The quantitative estimate of drug-likeness (QED) is 0.834. The highest BCUT2D eigenvalue weighted by molar-refractivity contribution is 7.89. The van der Waals surface area contributed by atoms with E-state index in [-0.39, 0.29) is 6.54 Å². The fourth-order valence-corrected chi connectivity index (χ4v) is 3.47. The van der Waals surface area contributed by atoms with Crippen LogP contribution in [0.2, 0.25) is 0 Å². The first-order chi connectivity index (χ1) is 8.59. The van der Waals surface area contributed by atoms with E-state index in [4.69, 9.17) is 6.42 Å². The molecule has 5 heteroatoms. The summed E-state index contributed by atoms with van der Waals surface area (Å²) in [6, 6.07) is 5.19. The van der Waals surface area contributed by atoms with Crippen molar-refractivity contribution < 1.29 is 8.42 Å². The van der Waals surface area contributed by atoms with Crippen LogP contribution >= 0.6 is 0 Å². The first-order valence-corrected chi connectivity index (χ1v) is 7.34. The zero-order valence-corrected chi connectivity index (χ0v) is 11.1. The minimum absolute atomic E-state index is 0.105. The van der Waals surface area contributed by atoms with Crippen molar-refractivity contribution in [3.05, 3.63) is 23.8 Å². The molecule has 0 atom stereocenters. The molecule has 0 saturated carbocycles. The van der Waals surface area contributed by atoms with Gasteiger partial charge in [0.05, 0.1) is 11.4 Å². The summed E-state index contributed by atoms with van der Waals surface area (Å²) in [5.74, 6) is 2.38. The zero-order valence-electron chi connectivity index (χ0n) is 10.3. The lowest BCUT2D eigenvalue weighted by molar-refractivity contribution is 0.464. The molecule has 1 aromatic rings. The molecule has 1 N–H and O–H groups in total. The van der Waals surface area contributed by atoms with Crippen LogP contribution in [-0.2, 0) is 16.4 Å². The van der Waals surface area contributed by atoms with Crippen molar-refractivity contribution in [2.24, 2.45) is 0 Å². The summed E-state index contributed by atoms with van der Waals surface area (Å²) < 4.78 is 26.0. The fraction of sp³-hybridized carbons (Fsp3) is 0.385. The van der Waals surface area contributed by atoms with Gasteiger partial charge in [0, 0.05) is 18.8 Å². The molecular formula is C13H16N2O2S. The fourth-order valence-electron chi connectivity index (χ4n) is 2.06. The second-order valence-electron chi connectivity index (χ2n) is 4.13. The predicted molar refractivity (Wildman–Crippen MR) is 71.9 cm³/mol. The van der Waals surface area contributed by atoms with Crippen LogP contribution in [0.15, 0.2) is 23.1 Å². The summed E-state index contributed by atoms with van der Waals surface area (Å²) in [7, 11) is -3.47. The van der Waals surface area contributed by atoms with Gasteiger partial charge in [-0.25, -0.2) is 8.42 Å². The van der Waals surface area contributed by atoms with E-state index in [1.54, 1.807) is 19.1 Å². The van der Waals surface area contributed by atoms with Crippen molar-refractivity contribution >= 4 is 15.7 Å². The topological polar surface area (TPSA) is 49.4 Å². The molecule has 0 amide bonds. The second kappa shape index (κ2) is 5.01. The molecule has 1 aliphatic rings. The van der Waals surface area contributed by atoms with Crippen LogP contribution in [0.5, 0.6) is 0 Å². The third-order valence-corrected chi connectivity index (χ3v) is 4.96. The van der Waals surface area contributed by atoms with Crippen LogP contribution < -0.4 is 5.32 Å². The number of anilines is 1. The van der Waals surface area contributed by atoms with Crippen LogP contribution in [0, 0.1) is 12.3 Å². The summed E-state index contributed by atoms with van der Waals surface area (Å²) in [5.41, 5.74) is 2.07. The standard InChI is InChI=1S/C13H16N2O2S/c1-3-9-15(4-2)18(16,17)12-5-6-13-11(10-12)7-8-14-13/h1,5-6,10,14H,4,7-9H2,2H3. The molecule has 0 fully saturated rings. The summed E-state index contributed by atoms with van der Waals surface area (Å²) in [4.78, 5) is 0.321. The number of nitrogens with one attached hydrogen (secondary N) is 1. The molecule has 1 heterocycles. The van der Waals surface area contributed by atoms with E-state index in [9.17, 15) is 8.42 Å². The molecule has 18 heavy (non-hydrogen) atoms. The van der Waals surface area contributed by atoms with Crippen LogP contribution in [-0.4, -0.2) is 32.4 Å². The van der Waals surface area contributed by atoms with E-state index in [1.807, 2.05) is 6.07 Å². The Labute approximate surface area is 108 Å². The third-order valence-electron chi connectivity index (χ3n) is 3.04. The maximum atomic E-state index is 12.4. The molecule has 0 unspecified atom stereocenters. The van der Waals surface area contributed by atoms with Gasteiger partial charge in [-0.15, -0.1) is 6.42 Å². The maximum absolute atomic E-state index is 12.4. The van der Waals surface area contributed by atoms with Gasteiger partial charge in [-0.1, -0.05) is 12.8 Å². The lowest BCUT2D eigenvalue weighted by Gasteiger charge is -2.18. The molecule has 0 aromatic heterocycles. The zero-order chi connectivity index (χ0) is 13.2. The van der Waals surface area contributed by atoms with Crippen molar-refractivity contribution in [2.45, 2.75) is 18.2 Å². The van der Waals surface area contributed by atoms with E-state index in [0.29, 0.717) is 11.4 Å². The van der Waals surface area contributed by atoms with Crippen LogP contribution in [0.3, 0.4) is 0 Å². The highest BCUT2D eigenvalue weighted by atomic mass is 32.2. The maximum Gasteiger partial charge on any atom is 0.243 e. The molecule has 2 rings (SSSR count). The molecule has 0 aliphatic carbocycles. The van der Waals surface area contributed by atoms with Crippen LogP contribution in [0.1, 0.15) is 12.5 Å². The van der Waals surface area contributed by atoms with Crippen molar-refractivity contribution in [1.29, 1.82) is 0 Å². The normalized spacial score (nSPS) is 14.1. The Morgan fingerprint density at radius 1 is 1.50 bits per heavy atom. The van der Waals surface area contributed by atoms with E-state index in [0.717, 1.165) is 24.2 Å². The smallest absolute Gasteiger partial charge is 0.243 e. The van der Waals surface area contributed by atoms with Crippen LogP contribution in [0.4, 0.5) is 5.69 Å². The molecule has 0 bridgehead atoms. The Morgan fingerprint density at radius 2 is 2.28 bits per heavy atom. The summed E-state index contributed by atoms with van der Waals surface area (Å²) in [6.07, 6.45) is 6.06. The van der Waals surface area contributed by atoms with Gasteiger partial charge in [-0.2, -0.15) is 4.31 Å². The highest BCUT2D eigenvalue weighted by Crippen LogP contribution is 2.26. The van der Waals surface area contributed by atoms with Gasteiger partial charge >= 0.3 is 0 Å². The Balaban J connectivity index is 2.38. The van der Waals surface area contributed by atoms with Gasteiger partial charge in [0.2, 0.25) is 10.0 Å². The Kier molecular flexibility index (Phi) is 3.60. The molecule has 1 aliphatic heterocycles. The van der Waals surface area contributed by atoms with E-state index in [2.05, 4.69) is 11.2 Å². The third kappa shape index (κ3) is 2.22. The molecule has 0 spiro atoms. The van der Waals surface area contributed by atoms with Gasteiger partial charge in [0.25, 0.3) is 0 Å². The number of rotatable bonds is 4.